The molecule has 0 N–H and O–H groups in total. The van der Waals surface area contributed by atoms with Gasteiger partial charge >= 0.3 is 0 Å². The summed E-state index contributed by atoms with van der Waals surface area (Å²) in [5.41, 5.74) is 1.34. The molecule has 1 amide bonds. The Morgan fingerprint density at radius 2 is 1.68 bits per heavy atom. The highest BCUT2D eigenvalue weighted by Gasteiger charge is 2.32. The molecule has 0 radical (unpaired) electrons. The second-order valence-electron chi connectivity index (χ2n) is 8.60. The van der Waals surface area contributed by atoms with Crippen LogP contribution in [0.5, 0.6) is 0 Å². The number of carbonyl (C=O) groups is 1. The lowest BCUT2D eigenvalue weighted by Crippen LogP contribution is -2.48. The minimum atomic E-state index is -3.66. The lowest BCUT2D eigenvalue weighted by atomic mass is 10.1. The van der Waals surface area contributed by atoms with Crippen LogP contribution in [0, 0.1) is 0 Å². The summed E-state index contributed by atoms with van der Waals surface area (Å²) in [6.45, 7) is 4.33. The van der Waals surface area contributed by atoms with Gasteiger partial charge in [0.25, 0.3) is 5.91 Å². The molecule has 4 aromatic rings. The van der Waals surface area contributed by atoms with E-state index in [-0.39, 0.29) is 17.1 Å². The number of aryl methyl sites for hydroxylation is 1. The Morgan fingerprint density at radius 1 is 1.00 bits per heavy atom. The van der Waals surface area contributed by atoms with Crippen LogP contribution in [0.3, 0.4) is 0 Å². The molecule has 0 spiro atoms. The summed E-state index contributed by atoms with van der Waals surface area (Å²) < 4.78 is 36.2. The Labute approximate surface area is 202 Å². The summed E-state index contributed by atoms with van der Waals surface area (Å²) in [6, 6.07) is 18.2. The van der Waals surface area contributed by atoms with E-state index in [0.29, 0.717) is 23.5 Å². The zero-order chi connectivity index (χ0) is 24.0. The van der Waals surface area contributed by atoms with Crippen molar-refractivity contribution >= 4 is 48.3 Å². The molecule has 9 heteroatoms. The summed E-state index contributed by atoms with van der Waals surface area (Å²) in [5, 5.41) is 2.26. The highest BCUT2D eigenvalue weighted by atomic mass is 32.2. The van der Waals surface area contributed by atoms with E-state index < -0.39 is 15.9 Å². The topological polar surface area (TPSA) is 81.0 Å². The molecule has 1 aromatic heterocycles. The average Bonchev–Trinajstić information content (AvgIpc) is 3.14. The van der Waals surface area contributed by atoms with E-state index in [9.17, 15) is 13.2 Å². The van der Waals surface area contributed by atoms with Crippen molar-refractivity contribution in [2.45, 2.75) is 31.0 Å². The summed E-state index contributed by atoms with van der Waals surface area (Å²) in [6.07, 6.45) is -0.338. The second-order valence-corrected chi connectivity index (χ2v) is 11.5. The number of aromatic nitrogens is 1. The molecule has 1 aliphatic rings. The third-order valence-electron chi connectivity index (χ3n) is 6.02. The molecule has 0 unspecified atom stereocenters. The van der Waals surface area contributed by atoms with Gasteiger partial charge in [0.05, 0.1) is 27.3 Å². The fraction of sp³-hybridized carbons (Fsp3) is 0.280. The number of hydrogen-bond acceptors (Lipinski definition) is 5. The lowest BCUT2D eigenvalue weighted by Gasteiger charge is -2.34. The Bertz CT molecular complexity index is 1560. The average molecular weight is 496 g/mol. The molecule has 2 heterocycles. The van der Waals surface area contributed by atoms with E-state index in [2.05, 4.69) is 23.2 Å². The highest BCUT2D eigenvalue weighted by molar-refractivity contribution is 7.89. The monoisotopic (exact) mass is 495 g/mol. The largest absolute Gasteiger partial charge is 0.373 e. The number of fused-ring (bicyclic) bond motifs is 3. The summed E-state index contributed by atoms with van der Waals surface area (Å²) in [7, 11) is -1.78. The van der Waals surface area contributed by atoms with Crippen molar-refractivity contribution in [3.05, 3.63) is 71.0 Å². The summed E-state index contributed by atoms with van der Waals surface area (Å²) in [4.78, 5) is 18.0. The van der Waals surface area contributed by atoms with Crippen LogP contribution in [0.1, 0.15) is 24.2 Å². The quantitative estimate of drug-likeness (QED) is 0.431. The molecular weight excluding hydrogens is 470 g/mol. The van der Waals surface area contributed by atoms with Crippen LogP contribution in [-0.4, -0.2) is 48.5 Å². The third kappa shape index (κ3) is 4.09. The first-order valence-corrected chi connectivity index (χ1v) is 13.3. The van der Waals surface area contributed by atoms with Crippen LogP contribution in [0.4, 0.5) is 0 Å². The molecule has 1 fully saturated rings. The van der Waals surface area contributed by atoms with E-state index in [1.54, 1.807) is 0 Å². The van der Waals surface area contributed by atoms with E-state index in [4.69, 9.17) is 4.74 Å². The number of hydrogen-bond donors (Lipinski definition) is 0. The predicted molar refractivity (Wildman–Crippen MR) is 133 cm³/mol. The van der Waals surface area contributed by atoms with E-state index in [1.807, 2.05) is 43.7 Å². The smallest absolute Gasteiger partial charge is 0.279 e. The molecule has 3 aromatic carbocycles. The molecule has 1 saturated heterocycles. The Kier molecular flexibility index (Phi) is 5.89. The van der Waals surface area contributed by atoms with Crippen molar-refractivity contribution < 1.29 is 17.9 Å². The Morgan fingerprint density at radius 3 is 2.38 bits per heavy atom. The number of sulfonamides is 1. The molecule has 7 nitrogen and oxygen atoms in total. The van der Waals surface area contributed by atoms with Crippen LogP contribution < -0.4 is 4.80 Å². The molecule has 0 bridgehead atoms. The molecule has 0 aliphatic carbocycles. The van der Waals surface area contributed by atoms with E-state index >= 15 is 0 Å². The van der Waals surface area contributed by atoms with Crippen molar-refractivity contribution in [3.8, 4) is 0 Å². The van der Waals surface area contributed by atoms with Gasteiger partial charge in [0.15, 0.2) is 4.80 Å². The van der Waals surface area contributed by atoms with E-state index in [0.717, 1.165) is 21.0 Å². The number of morpholine rings is 1. The van der Waals surface area contributed by atoms with Crippen LogP contribution in [0.2, 0.25) is 0 Å². The van der Waals surface area contributed by atoms with Gasteiger partial charge in [-0.2, -0.15) is 9.30 Å². The first-order chi connectivity index (χ1) is 16.2. The molecule has 176 valence electrons. The molecular formula is C25H25N3O4S2. The molecule has 2 atom stereocenters. The molecule has 34 heavy (non-hydrogen) atoms. The van der Waals surface area contributed by atoms with Gasteiger partial charge in [0.1, 0.15) is 0 Å². The van der Waals surface area contributed by atoms with Crippen LogP contribution in [0.25, 0.3) is 21.0 Å². The van der Waals surface area contributed by atoms with Crippen LogP contribution in [0.15, 0.2) is 70.6 Å². The predicted octanol–water partition coefficient (Wildman–Crippen LogP) is 3.93. The molecule has 5 rings (SSSR count). The minimum absolute atomic E-state index is 0.157. The first-order valence-electron chi connectivity index (χ1n) is 11.1. The Balaban J connectivity index is 1.45. The summed E-state index contributed by atoms with van der Waals surface area (Å²) in [5.74, 6) is -0.413. The van der Waals surface area contributed by atoms with E-state index in [1.165, 1.54) is 39.9 Å². The Hall–Kier alpha value is -2.85. The van der Waals surface area contributed by atoms with Gasteiger partial charge in [-0.25, -0.2) is 8.42 Å². The molecule has 1 aliphatic heterocycles. The standard InChI is InChI=1S/C25H25N3O4S2/c1-16-14-28(15-17(2)32-16)34(30,31)20-11-8-19(9-12-20)24(29)26-25-27(3)22-13-10-18-6-4-5-7-21(18)23(22)33-25/h4-13,16-17H,14-15H2,1-3H3/t16-,17-/m1/s1. The van der Waals surface area contributed by atoms with Gasteiger partial charge in [-0.3, -0.25) is 4.79 Å². The van der Waals surface area contributed by atoms with Gasteiger partial charge < -0.3 is 9.30 Å². The number of rotatable bonds is 3. The van der Waals surface area contributed by atoms with Gasteiger partial charge in [-0.1, -0.05) is 41.7 Å². The van der Waals surface area contributed by atoms with Crippen molar-refractivity contribution in [1.29, 1.82) is 0 Å². The van der Waals surface area contributed by atoms with Gasteiger partial charge in [0.2, 0.25) is 10.0 Å². The fourth-order valence-corrected chi connectivity index (χ4v) is 7.10. The number of nitrogens with zero attached hydrogens (tertiary/aromatic N) is 3. The maximum Gasteiger partial charge on any atom is 0.279 e. The number of ether oxygens (including phenoxy) is 1. The molecule has 0 saturated carbocycles. The SMILES string of the molecule is C[C@@H]1CN(S(=O)(=O)c2ccc(C(=O)N=c3sc4c5ccccc5ccc4n3C)cc2)C[C@@H](C)O1. The lowest BCUT2D eigenvalue weighted by molar-refractivity contribution is -0.0440. The third-order valence-corrected chi connectivity index (χ3v) is 9.05. The van der Waals surface area contributed by atoms with Crippen LogP contribution >= 0.6 is 11.3 Å². The number of amides is 1. The van der Waals surface area contributed by atoms with Crippen molar-refractivity contribution in [1.82, 2.24) is 8.87 Å². The number of benzene rings is 3. The zero-order valence-corrected chi connectivity index (χ0v) is 20.8. The van der Waals surface area contributed by atoms with Gasteiger partial charge in [-0.15, -0.1) is 0 Å². The highest BCUT2D eigenvalue weighted by Crippen LogP contribution is 2.27. The maximum absolute atomic E-state index is 13.1. The van der Waals surface area contributed by atoms with Crippen molar-refractivity contribution in [3.63, 3.8) is 0 Å². The van der Waals surface area contributed by atoms with Crippen molar-refractivity contribution in [2.75, 3.05) is 13.1 Å². The van der Waals surface area contributed by atoms with Crippen LogP contribution in [-0.2, 0) is 21.8 Å². The summed E-state index contributed by atoms with van der Waals surface area (Å²) >= 11 is 1.46. The van der Waals surface area contributed by atoms with Gasteiger partial charge in [0, 0.05) is 31.1 Å². The second kappa shape index (κ2) is 8.74. The minimum Gasteiger partial charge on any atom is -0.373 e. The number of thiazole rings is 1. The number of carbonyl (C=O) groups excluding carboxylic acids is 1. The fourth-order valence-electron chi connectivity index (χ4n) is 4.36. The van der Waals surface area contributed by atoms with Crippen molar-refractivity contribution in [2.24, 2.45) is 12.0 Å². The first kappa shape index (κ1) is 22.9. The maximum atomic E-state index is 13.1. The normalized spacial score (nSPS) is 20.3. The van der Waals surface area contributed by atoms with Gasteiger partial charge in [-0.05, 0) is 49.6 Å². The zero-order valence-electron chi connectivity index (χ0n) is 19.1.